The van der Waals surface area contributed by atoms with Crippen LogP contribution < -0.4 is 15.4 Å². The van der Waals surface area contributed by atoms with Crippen LogP contribution in [0.15, 0.2) is 48.5 Å². The normalized spacial score (nSPS) is 12.2. The molecular formula is C21H26N2O3. The Balaban J connectivity index is 2.08. The van der Waals surface area contributed by atoms with Gasteiger partial charge in [0.15, 0.2) is 5.75 Å². The molecule has 0 heterocycles. The molecule has 2 rings (SSSR count). The summed E-state index contributed by atoms with van der Waals surface area (Å²) in [7, 11) is 0. The van der Waals surface area contributed by atoms with Crippen LogP contribution in [0.25, 0.3) is 0 Å². The molecule has 5 heteroatoms. The van der Waals surface area contributed by atoms with Gasteiger partial charge < -0.3 is 15.4 Å². The second-order valence-corrected chi connectivity index (χ2v) is 7.35. The van der Waals surface area contributed by atoms with Crippen molar-refractivity contribution in [2.75, 3.05) is 5.32 Å². The summed E-state index contributed by atoms with van der Waals surface area (Å²) in [4.78, 5) is 24.5. The van der Waals surface area contributed by atoms with E-state index in [9.17, 15) is 9.59 Å². The van der Waals surface area contributed by atoms with Crippen molar-refractivity contribution in [2.24, 2.45) is 5.41 Å². The van der Waals surface area contributed by atoms with E-state index in [0.717, 1.165) is 5.56 Å². The highest BCUT2D eigenvalue weighted by atomic mass is 16.5. The third-order valence-corrected chi connectivity index (χ3v) is 3.82. The first kappa shape index (κ1) is 19.5. The number of amides is 2. The third-order valence-electron chi connectivity index (χ3n) is 3.82. The van der Waals surface area contributed by atoms with E-state index in [0.29, 0.717) is 17.2 Å². The lowest BCUT2D eigenvalue weighted by Crippen LogP contribution is -2.46. The summed E-state index contributed by atoms with van der Waals surface area (Å²) >= 11 is 0. The van der Waals surface area contributed by atoms with Gasteiger partial charge >= 0.3 is 0 Å². The molecule has 0 saturated carbocycles. The van der Waals surface area contributed by atoms with Crippen molar-refractivity contribution in [3.63, 3.8) is 0 Å². The zero-order chi connectivity index (χ0) is 19.3. The molecule has 2 N–H and O–H groups in total. The minimum atomic E-state index is -0.658. The molecule has 138 valence electrons. The first-order valence-electron chi connectivity index (χ1n) is 8.62. The van der Waals surface area contributed by atoms with Crippen molar-refractivity contribution >= 4 is 17.5 Å². The highest BCUT2D eigenvalue weighted by Gasteiger charge is 2.25. The van der Waals surface area contributed by atoms with Crippen molar-refractivity contribution in [1.82, 2.24) is 5.32 Å². The van der Waals surface area contributed by atoms with Gasteiger partial charge in [0.1, 0.15) is 11.8 Å². The maximum Gasteiger partial charge on any atom is 0.246 e. The second-order valence-electron chi connectivity index (χ2n) is 7.35. The predicted octanol–water partition coefficient (Wildman–Crippen LogP) is 4.28. The van der Waals surface area contributed by atoms with Crippen molar-refractivity contribution in [2.45, 2.75) is 40.7 Å². The number of carbonyl (C=O) groups is 2. The van der Waals surface area contributed by atoms with Crippen LogP contribution in [0.3, 0.4) is 0 Å². The molecule has 0 fully saturated rings. The fourth-order valence-electron chi connectivity index (χ4n) is 2.11. The Morgan fingerprint density at radius 1 is 1.00 bits per heavy atom. The number of ether oxygens (including phenoxy) is 1. The Morgan fingerprint density at radius 2 is 1.62 bits per heavy atom. The van der Waals surface area contributed by atoms with Crippen LogP contribution in [0.5, 0.6) is 11.5 Å². The molecular weight excluding hydrogens is 328 g/mol. The summed E-state index contributed by atoms with van der Waals surface area (Å²) in [6, 6.07) is 14.2. The SMILES string of the molecule is Cc1ccc(Oc2ccccc2NC(=O)C(C)NC(=O)C(C)(C)C)cc1. The van der Waals surface area contributed by atoms with Gasteiger partial charge in [0, 0.05) is 5.41 Å². The molecule has 1 unspecified atom stereocenters. The number of hydrogen-bond donors (Lipinski definition) is 2. The van der Waals surface area contributed by atoms with Crippen LogP contribution in [0, 0.1) is 12.3 Å². The van der Waals surface area contributed by atoms with E-state index >= 15 is 0 Å². The van der Waals surface area contributed by atoms with Gasteiger partial charge in [-0.15, -0.1) is 0 Å². The van der Waals surface area contributed by atoms with Crippen LogP contribution >= 0.6 is 0 Å². The lowest BCUT2D eigenvalue weighted by molar-refractivity contribution is -0.131. The van der Waals surface area contributed by atoms with Gasteiger partial charge in [-0.25, -0.2) is 0 Å². The van der Waals surface area contributed by atoms with E-state index in [1.54, 1.807) is 39.8 Å². The largest absolute Gasteiger partial charge is 0.455 e. The smallest absolute Gasteiger partial charge is 0.246 e. The maximum atomic E-state index is 12.4. The van der Waals surface area contributed by atoms with Crippen molar-refractivity contribution in [3.8, 4) is 11.5 Å². The highest BCUT2D eigenvalue weighted by molar-refractivity contribution is 5.98. The molecule has 2 aromatic carbocycles. The maximum absolute atomic E-state index is 12.4. The van der Waals surface area contributed by atoms with Gasteiger partial charge in [-0.1, -0.05) is 50.6 Å². The molecule has 0 aliphatic heterocycles. The van der Waals surface area contributed by atoms with E-state index in [1.807, 2.05) is 43.3 Å². The average Bonchev–Trinajstić information content (AvgIpc) is 2.57. The molecule has 26 heavy (non-hydrogen) atoms. The zero-order valence-corrected chi connectivity index (χ0v) is 15.9. The molecule has 0 saturated heterocycles. The number of para-hydroxylation sites is 2. The molecule has 0 spiro atoms. The van der Waals surface area contributed by atoms with Gasteiger partial charge in [-0.05, 0) is 38.1 Å². The Bertz CT molecular complexity index is 777. The van der Waals surface area contributed by atoms with E-state index in [1.165, 1.54) is 0 Å². The molecule has 2 aromatic rings. The Labute approximate surface area is 154 Å². The van der Waals surface area contributed by atoms with E-state index in [-0.39, 0.29) is 11.8 Å². The van der Waals surface area contributed by atoms with Gasteiger partial charge in [0.25, 0.3) is 0 Å². The molecule has 0 bridgehead atoms. The molecule has 0 aliphatic carbocycles. The van der Waals surface area contributed by atoms with Crippen molar-refractivity contribution in [1.29, 1.82) is 0 Å². The van der Waals surface area contributed by atoms with E-state index in [2.05, 4.69) is 10.6 Å². The number of nitrogens with one attached hydrogen (secondary N) is 2. The standard InChI is InChI=1S/C21H26N2O3/c1-14-10-12-16(13-11-14)26-18-9-7-6-8-17(18)23-19(24)15(2)22-20(25)21(3,4)5/h6-13,15H,1-5H3,(H,22,25)(H,23,24). The third kappa shape index (κ3) is 5.34. The van der Waals surface area contributed by atoms with Crippen molar-refractivity contribution < 1.29 is 14.3 Å². The summed E-state index contributed by atoms with van der Waals surface area (Å²) in [5.74, 6) is 0.748. The Hall–Kier alpha value is -2.82. The highest BCUT2D eigenvalue weighted by Crippen LogP contribution is 2.29. The lowest BCUT2D eigenvalue weighted by atomic mass is 9.95. The Kier molecular flexibility index (Phi) is 6.03. The molecule has 5 nitrogen and oxygen atoms in total. The predicted molar refractivity (Wildman–Crippen MR) is 103 cm³/mol. The first-order chi connectivity index (χ1) is 12.2. The molecule has 0 aliphatic rings. The van der Waals surface area contributed by atoms with Gasteiger partial charge in [-0.2, -0.15) is 0 Å². The number of aryl methyl sites for hydroxylation is 1. The van der Waals surface area contributed by atoms with Crippen molar-refractivity contribution in [3.05, 3.63) is 54.1 Å². The van der Waals surface area contributed by atoms with Gasteiger partial charge in [0.05, 0.1) is 5.69 Å². The summed E-state index contributed by atoms with van der Waals surface area (Å²) < 4.78 is 5.88. The molecule has 2 amide bonds. The van der Waals surface area contributed by atoms with Crippen LogP contribution in [0.1, 0.15) is 33.3 Å². The van der Waals surface area contributed by atoms with Crippen LogP contribution in [-0.4, -0.2) is 17.9 Å². The summed E-state index contributed by atoms with van der Waals surface area (Å²) in [6.07, 6.45) is 0. The van der Waals surface area contributed by atoms with Gasteiger partial charge in [-0.3, -0.25) is 9.59 Å². The minimum absolute atomic E-state index is 0.177. The van der Waals surface area contributed by atoms with E-state index in [4.69, 9.17) is 4.74 Å². The number of hydrogen-bond acceptors (Lipinski definition) is 3. The fraction of sp³-hybridized carbons (Fsp3) is 0.333. The van der Waals surface area contributed by atoms with Gasteiger partial charge in [0.2, 0.25) is 11.8 Å². The minimum Gasteiger partial charge on any atom is -0.455 e. The van der Waals surface area contributed by atoms with Crippen LogP contribution in [0.4, 0.5) is 5.69 Å². The fourth-order valence-corrected chi connectivity index (χ4v) is 2.11. The number of rotatable bonds is 5. The number of carbonyl (C=O) groups excluding carboxylic acids is 2. The topological polar surface area (TPSA) is 67.4 Å². The lowest BCUT2D eigenvalue weighted by Gasteiger charge is -2.22. The second kappa shape index (κ2) is 8.04. The number of anilines is 1. The summed E-state index contributed by atoms with van der Waals surface area (Å²) in [5.41, 5.74) is 1.14. The molecule has 0 radical (unpaired) electrons. The van der Waals surface area contributed by atoms with E-state index < -0.39 is 11.5 Å². The molecule has 1 atom stereocenters. The quantitative estimate of drug-likeness (QED) is 0.842. The zero-order valence-electron chi connectivity index (χ0n) is 15.9. The summed E-state index contributed by atoms with van der Waals surface area (Å²) in [5, 5.41) is 5.54. The van der Waals surface area contributed by atoms with Crippen LogP contribution in [0.2, 0.25) is 0 Å². The average molecular weight is 354 g/mol. The molecule has 0 aromatic heterocycles. The summed E-state index contributed by atoms with van der Waals surface area (Å²) in [6.45, 7) is 9.07. The first-order valence-corrected chi connectivity index (χ1v) is 8.62. The Morgan fingerprint density at radius 3 is 2.23 bits per heavy atom. The number of benzene rings is 2. The monoisotopic (exact) mass is 354 g/mol. The van der Waals surface area contributed by atoms with Crippen LogP contribution in [-0.2, 0) is 9.59 Å².